The molecule has 1 heterocycles. The van der Waals surface area contributed by atoms with E-state index < -0.39 is 6.09 Å². The average molecular weight is 166 g/mol. The lowest BCUT2D eigenvalue weighted by Crippen LogP contribution is -2.25. The molecule has 1 rings (SSSR count). The number of carbonyl (C=O) groups is 1. The standard InChI is InChI=1S/C8H10N2O2/c9-4-1-2-7-3-5-10(6-7)8(11)12/h2H,1,3,5-6H2,(H,11,12)/b7-2-. The van der Waals surface area contributed by atoms with Crippen molar-refractivity contribution in [1.29, 1.82) is 5.26 Å². The van der Waals surface area contributed by atoms with Gasteiger partial charge in [0.05, 0.1) is 12.5 Å². The Morgan fingerprint density at radius 1 is 1.83 bits per heavy atom. The fourth-order valence-corrected chi connectivity index (χ4v) is 1.20. The van der Waals surface area contributed by atoms with Crippen LogP contribution in [0, 0.1) is 11.3 Å². The maximum absolute atomic E-state index is 10.5. The third-order valence-electron chi connectivity index (χ3n) is 1.85. The Morgan fingerprint density at radius 3 is 3.08 bits per heavy atom. The molecule has 4 heteroatoms. The largest absolute Gasteiger partial charge is 0.465 e. The van der Waals surface area contributed by atoms with Crippen LogP contribution < -0.4 is 0 Å². The number of hydrogen-bond acceptors (Lipinski definition) is 2. The van der Waals surface area contributed by atoms with Gasteiger partial charge in [0.2, 0.25) is 0 Å². The van der Waals surface area contributed by atoms with Gasteiger partial charge in [-0.1, -0.05) is 11.6 Å². The number of hydrogen-bond donors (Lipinski definition) is 1. The van der Waals surface area contributed by atoms with Crippen molar-refractivity contribution in [3.8, 4) is 6.07 Å². The van der Waals surface area contributed by atoms with Crippen molar-refractivity contribution in [2.45, 2.75) is 12.8 Å². The van der Waals surface area contributed by atoms with Crippen LogP contribution >= 0.6 is 0 Å². The maximum atomic E-state index is 10.5. The van der Waals surface area contributed by atoms with Gasteiger partial charge in [-0.25, -0.2) is 4.79 Å². The minimum absolute atomic E-state index is 0.378. The molecule has 0 saturated carbocycles. The van der Waals surface area contributed by atoms with Gasteiger partial charge in [-0.15, -0.1) is 0 Å². The smallest absolute Gasteiger partial charge is 0.407 e. The minimum Gasteiger partial charge on any atom is -0.465 e. The molecule has 0 atom stereocenters. The SMILES string of the molecule is N#CC/C=C1/CCN(C(=O)O)C1. The molecule has 1 amide bonds. The predicted molar refractivity (Wildman–Crippen MR) is 42.5 cm³/mol. The molecule has 12 heavy (non-hydrogen) atoms. The van der Waals surface area contributed by atoms with Crippen molar-refractivity contribution in [2.24, 2.45) is 0 Å². The summed E-state index contributed by atoms with van der Waals surface area (Å²) in [6, 6.07) is 2.00. The van der Waals surface area contributed by atoms with E-state index in [1.807, 2.05) is 12.1 Å². The van der Waals surface area contributed by atoms with E-state index in [1.54, 1.807) is 0 Å². The Bertz CT molecular complexity index is 252. The van der Waals surface area contributed by atoms with Crippen molar-refractivity contribution in [3.05, 3.63) is 11.6 Å². The Morgan fingerprint density at radius 2 is 2.58 bits per heavy atom. The molecular formula is C8H10N2O2. The quantitative estimate of drug-likeness (QED) is 0.595. The van der Waals surface area contributed by atoms with E-state index in [0.29, 0.717) is 19.5 Å². The highest BCUT2D eigenvalue weighted by Gasteiger charge is 2.19. The van der Waals surface area contributed by atoms with Crippen molar-refractivity contribution < 1.29 is 9.90 Å². The molecule has 0 spiro atoms. The minimum atomic E-state index is -0.879. The van der Waals surface area contributed by atoms with Crippen LogP contribution in [0.25, 0.3) is 0 Å². The first-order chi connectivity index (χ1) is 5.74. The van der Waals surface area contributed by atoms with Crippen LogP contribution in [0.1, 0.15) is 12.8 Å². The highest BCUT2D eigenvalue weighted by Crippen LogP contribution is 2.15. The van der Waals surface area contributed by atoms with Crippen molar-refractivity contribution >= 4 is 6.09 Å². The highest BCUT2D eigenvalue weighted by atomic mass is 16.4. The topological polar surface area (TPSA) is 64.3 Å². The van der Waals surface area contributed by atoms with Gasteiger partial charge in [-0.2, -0.15) is 5.26 Å². The van der Waals surface area contributed by atoms with Gasteiger partial charge in [0, 0.05) is 13.1 Å². The number of likely N-dealkylation sites (tertiary alicyclic amines) is 1. The molecule has 4 nitrogen and oxygen atoms in total. The summed E-state index contributed by atoms with van der Waals surface area (Å²) in [6.07, 6.45) is 2.08. The Kier molecular flexibility index (Phi) is 2.70. The molecule has 1 aliphatic heterocycles. The number of rotatable bonds is 1. The molecule has 0 bridgehead atoms. The summed E-state index contributed by atoms with van der Waals surface area (Å²) in [5.74, 6) is 0. The van der Waals surface area contributed by atoms with Crippen molar-refractivity contribution in [3.63, 3.8) is 0 Å². The summed E-state index contributed by atoms with van der Waals surface area (Å²) in [7, 11) is 0. The number of nitriles is 1. The van der Waals surface area contributed by atoms with Crippen molar-refractivity contribution in [2.75, 3.05) is 13.1 Å². The summed E-state index contributed by atoms with van der Waals surface area (Å²) in [5.41, 5.74) is 1.05. The molecule has 0 radical (unpaired) electrons. The van der Waals surface area contributed by atoms with E-state index in [4.69, 9.17) is 10.4 Å². The molecule has 1 aliphatic rings. The molecule has 64 valence electrons. The predicted octanol–water partition coefficient (Wildman–Crippen LogP) is 1.21. The lowest BCUT2D eigenvalue weighted by Gasteiger charge is -2.07. The molecule has 0 aliphatic carbocycles. The van der Waals surface area contributed by atoms with E-state index in [1.165, 1.54) is 4.90 Å². The molecular weight excluding hydrogens is 156 g/mol. The van der Waals surface area contributed by atoms with Crippen LogP contribution in [0.3, 0.4) is 0 Å². The van der Waals surface area contributed by atoms with E-state index in [2.05, 4.69) is 0 Å². The zero-order valence-electron chi connectivity index (χ0n) is 6.66. The molecule has 0 unspecified atom stereocenters. The molecule has 0 aromatic heterocycles. The Balaban J connectivity index is 2.46. The third-order valence-corrected chi connectivity index (χ3v) is 1.85. The number of nitrogens with zero attached hydrogens (tertiary/aromatic N) is 2. The van der Waals surface area contributed by atoms with Gasteiger partial charge in [0.1, 0.15) is 0 Å². The van der Waals surface area contributed by atoms with Gasteiger partial charge in [0.25, 0.3) is 0 Å². The fraction of sp³-hybridized carbons (Fsp3) is 0.500. The summed E-state index contributed by atoms with van der Waals surface area (Å²) in [5, 5.41) is 16.9. The average Bonchev–Trinajstić information content (AvgIpc) is 2.48. The first-order valence-corrected chi connectivity index (χ1v) is 3.76. The fourth-order valence-electron chi connectivity index (χ4n) is 1.20. The van der Waals surface area contributed by atoms with E-state index in [0.717, 1.165) is 12.0 Å². The second-order valence-electron chi connectivity index (χ2n) is 2.68. The number of amides is 1. The zero-order chi connectivity index (χ0) is 8.97. The Labute approximate surface area is 70.7 Å². The van der Waals surface area contributed by atoms with Crippen LogP contribution in [0.15, 0.2) is 11.6 Å². The third kappa shape index (κ3) is 1.99. The lowest BCUT2D eigenvalue weighted by atomic mass is 10.2. The van der Waals surface area contributed by atoms with Gasteiger partial charge in [0.15, 0.2) is 0 Å². The normalized spacial score (nSPS) is 19.6. The maximum Gasteiger partial charge on any atom is 0.407 e. The molecule has 1 saturated heterocycles. The first-order valence-electron chi connectivity index (χ1n) is 3.76. The molecule has 1 N–H and O–H groups in total. The number of allylic oxidation sites excluding steroid dienone is 1. The molecule has 0 aromatic rings. The zero-order valence-corrected chi connectivity index (χ0v) is 6.66. The molecule has 0 aromatic carbocycles. The van der Waals surface area contributed by atoms with E-state index in [9.17, 15) is 4.79 Å². The highest BCUT2D eigenvalue weighted by molar-refractivity contribution is 5.66. The summed E-state index contributed by atoms with van der Waals surface area (Å²) < 4.78 is 0. The van der Waals surface area contributed by atoms with Crippen LogP contribution in [0.5, 0.6) is 0 Å². The van der Waals surface area contributed by atoms with E-state index in [-0.39, 0.29) is 0 Å². The second-order valence-corrected chi connectivity index (χ2v) is 2.68. The van der Waals surface area contributed by atoms with Crippen LogP contribution in [-0.4, -0.2) is 29.2 Å². The van der Waals surface area contributed by atoms with Crippen LogP contribution in [-0.2, 0) is 0 Å². The molecule has 1 fully saturated rings. The first kappa shape index (κ1) is 8.60. The summed E-state index contributed by atoms with van der Waals surface area (Å²) in [6.45, 7) is 1.03. The van der Waals surface area contributed by atoms with Gasteiger partial charge in [-0.05, 0) is 6.42 Å². The van der Waals surface area contributed by atoms with Gasteiger partial charge < -0.3 is 10.0 Å². The van der Waals surface area contributed by atoms with Gasteiger partial charge in [-0.3, -0.25) is 0 Å². The second kappa shape index (κ2) is 3.77. The lowest BCUT2D eigenvalue weighted by molar-refractivity contribution is 0.156. The summed E-state index contributed by atoms with van der Waals surface area (Å²) >= 11 is 0. The van der Waals surface area contributed by atoms with Crippen LogP contribution in [0.2, 0.25) is 0 Å². The Hall–Kier alpha value is -1.50. The summed E-state index contributed by atoms with van der Waals surface area (Å²) in [4.78, 5) is 11.8. The van der Waals surface area contributed by atoms with Gasteiger partial charge >= 0.3 is 6.09 Å². The number of carboxylic acid groups (broad SMARTS) is 1. The van der Waals surface area contributed by atoms with E-state index >= 15 is 0 Å². The van der Waals surface area contributed by atoms with Crippen LogP contribution in [0.4, 0.5) is 4.79 Å². The van der Waals surface area contributed by atoms with Crippen molar-refractivity contribution in [1.82, 2.24) is 4.90 Å². The monoisotopic (exact) mass is 166 g/mol.